The minimum atomic E-state index is -1.31. The SMILES string of the molecule is C=C=CCC(CC=C1CC1)(C(=O)OCC)C(=O)OCC. The van der Waals surface area contributed by atoms with Gasteiger partial charge in [0, 0.05) is 0 Å². The molecular weight excluding hydrogens is 256 g/mol. The molecule has 1 aliphatic rings. The largest absolute Gasteiger partial charge is 0.465 e. The standard InChI is InChI=1S/C16H22O4/c1-4-7-11-16(14(17)19-5-2,15(18)20-6-3)12-10-13-8-9-13/h7,10H,1,5-6,8-9,11-12H2,2-3H3. The van der Waals surface area contributed by atoms with Gasteiger partial charge in [0.2, 0.25) is 0 Å². The fraction of sp³-hybridized carbons (Fsp3) is 0.562. The van der Waals surface area contributed by atoms with Crippen LogP contribution in [0.4, 0.5) is 0 Å². The first-order valence-corrected chi connectivity index (χ1v) is 6.97. The van der Waals surface area contributed by atoms with E-state index in [0.717, 1.165) is 12.8 Å². The predicted molar refractivity (Wildman–Crippen MR) is 76.0 cm³/mol. The number of allylic oxidation sites excluding steroid dienone is 3. The predicted octanol–water partition coefficient (Wildman–Crippen LogP) is 2.94. The summed E-state index contributed by atoms with van der Waals surface area (Å²) in [5, 5.41) is 0. The van der Waals surface area contributed by atoms with Gasteiger partial charge in [0.1, 0.15) is 0 Å². The van der Waals surface area contributed by atoms with Crippen LogP contribution in [0.25, 0.3) is 0 Å². The fourth-order valence-electron chi connectivity index (χ4n) is 1.88. The lowest BCUT2D eigenvalue weighted by atomic mass is 9.80. The van der Waals surface area contributed by atoms with Gasteiger partial charge < -0.3 is 9.47 Å². The first-order chi connectivity index (χ1) is 9.60. The van der Waals surface area contributed by atoms with Crippen molar-refractivity contribution in [3.8, 4) is 0 Å². The van der Waals surface area contributed by atoms with Crippen LogP contribution in [0, 0.1) is 5.41 Å². The molecule has 4 nitrogen and oxygen atoms in total. The van der Waals surface area contributed by atoms with Crippen LogP contribution in [0.15, 0.2) is 30.0 Å². The molecule has 0 amide bonds. The fourth-order valence-corrected chi connectivity index (χ4v) is 1.88. The van der Waals surface area contributed by atoms with Crippen LogP contribution >= 0.6 is 0 Å². The molecule has 110 valence electrons. The van der Waals surface area contributed by atoms with Crippen LogP contribution in [-0.4, -0.2) is 25.2 Å². The molecule has 0 aromatic heterocycles. The van der Waals surface area contributed by atoms with Crippen LogP contribution in [0.3, 0.4) is 0 Å². The van der Waals surface area contributed by atoms with Crippen molar-refractivity contribution >= 4 is 11.9 Å². The van der Waals surface area contributed by atoms with Crippen molar-refractivity contribution in [2.45, 2.75) is 39.5 Å². The van der Waals surface area contributed by atoms with Gasteiger partial charge in [0.05, 0.1) is 13.2 Å². The summed E-state index contributed by atoms with van der Waals surface area (Å²) in [6.45, 7) is 7.38. The van der Waals surface area contributed by atoms with Gasteiger partial charge in [-0.25, -0.2) is 0 Å². The highest BCUT2D eigenvalue weighted by atomic mass is 16.6. The lowest BCUT2D eigenvalue weighted by Crippen LogP contribution is -2.41. The zero-order chi connectivity index (χ0) is 15.0. The Morgan fingerprint density at radius 3 is 2.15 bits per heavy atom. The zero-order valence-electron chi connectivity index (χ0n) is 12.2. The molecule has 0 heterocycles. The van der Waals surface area contributed by atoms with E-state index in [9.17, 15) is 9.59 Å². The van der Waals surface area contributed by atoms with Crippen molar-refractivity contribution in [1.82, 2.24) is 0 Å². The first-order valence-electron chi connectivity index (χ1n) is 6.97. The van der Waals surface area contributed by atoms with E-state index in [1.165, 1.54) is 5.57 Å². The minimum Gasteiger partial charge on any atom is -0.465 e. The maximum Gasteiger partial charge on any atom is 0.324 e. The van der Waals surface area contributed by atoms with Crippen LogP contribution in [0.5, 0.6) is 0 Å². The molecular formula is C16H22O4. The van der Waals surface area contributed by atoms with E-state index in [4.69, 9.17) is 9.47 Å². The number of carbonyl (C=O) groups excluding carboxylic acids is 2. The molecule has 0 bridgehead atoms. The maximum atomic E-state index is 12.3. The van der Waals surface area contributed by atoms with Gasteiger partial charge in [-0.05, 0) is 45.6 Å². The smallest absolute Gasteiger partial charge is 0.324 e. The van der Waals surface area contributed by atoms with Crippen molar-refractivity contribution in [2.24, 2.45) is 5.41 Å². The summed E-state index contributed by atoms with van der Waals surface area (Å²) in [7, 11) is 0. The Hall–Kier alpha value is -1.80. The Morgan fingerprint density at radius 2 is 1.75 bits per heavy atom. The molecule has 0 spiro atoms. The number of carbonyl (C=O) groups is 2. The number of rotatable bonds is 8. The Morgan fingerprint density at radius 1 is 1.20 bits per heavy atom. The summed E-state index contributed by atoms with van der Waals surface area (Å²) in [4.78, 5) is 24.6. The number of hydrogen-bond acceptors (Lipinski definition) is 4. The Labute approximate surface area is 120 Å². The van der Waals surface area contributed by atoms with Gasteiger partial charge in [-0.2, -0.15) is 0 Å². The van der Waals surface area contributed by atoms with Crippen LogP contribution in [0.2, 0.25) is 0 Å². The third kappa shape index (κ3) is 4.10. The molecule has 1 rings (SSSR count). The van der Waals surface area contributed by atoms with Crippen molar-refractivity contribution in [3.05, 3.63) is 30.0 Å². The van der Waals surface area contributed by atoms with Crippen LogP contribution in [0.1, 0.15) is 39.5 Å². The van der Waals surface area contributed by atoms with Gasteiger partial charge in [-0.15, -0.1) is 5.73 Å². The molecule has 1 saturated carbocycles. The summed E-state index contributed by atoms with van der Waals surface area (Å²) >= 11 is 0. The van der Waals surface area contributed by atoms with E-state index in [1.54, 1.807) is 19.9 Å². The van der Waals surface area contributed by atoms with Gasteiger partial charge in [0.15, 0.2) is 5.41 Å². The maximum absolute atomic E-state index is 12.3. The molecule has 1 aliphatic carbocycles. The monoisotopic (exact) mass is 278 g/mol. The van der Waals surface area contributed by atoms with E-state index in [-0.39, 0.29) is 19.6 Å². The molecule has 4 heteroatoms. The Kier molecular flexibility index (Phi) is 6.26. The zero-order valence-corrected chi connectivity index (χ0v) is 12.2. The van der Waals surface area contributed by atoms with E-state index in [2.05, 4.69) is 12.3 Å². The topological polar surface area (TPSA) is 52.6 Å². The molecule has 0 atom stereocenters. The molecule has 1 fully saturated rings. The molecule has 0 radical (unpaired) electrons. The molecule has 0 N–H and O–H groups in total. The number of esters is 2. The number of ether oxygens (including phenoxy) is 2. The van der Waals surface area contributed by atoms with E-state index in [1.807, 2.05) is 6.08 Å². The van der Waals surface area contributed by atoms with Gasteiger partial charge >= 0.3 is 11.9 Å². The molecule has 20 heavy (non-hydrogen) atoms. The summed E-state index contributed by atoms with van der Waals surface area (Å²) < 4.78 is 10.2. The number of hydrogen-bond donors (Lipinski definition) is 0. The van der Waals surface area contributed by atoms with E-state index < -0.39 is 17.4 Å². The van der Waals surface area contributed by atoms with Crippen LogP contribution < -0.4 is 0 Å². The molecule has 0 saturated heterocycles. The molecule has 0 aromatic rings. The second-order valence-corrected chi connectivity index (χ2v) is 4.70. The Balaban J connectivity index is 3.06. The van der Waals surface area contributed by atoms with Gasteiger partial charge in [-0.1, -0.05) is 18.2 Å². The first kappa shape index (κ1) is 16.3. The molecule has 0 aromatic carbocycles. The highest BCUT2D eigenvalue weighted by Crippen LogP contribution is 2.36. The van der Waals surface area contributed by atoms with E-state index >= 15 is 0 Å². The normalized spacial score (nSPS) is 13.2. The van der Waals surface area contributed by atoms with Gasteiger partial charge in [-0.3, -0.25) is 9.59 Å². The third-order valence-electron chi connectivity index (χ3n) is 3.21. The summed E-state index contributed by atoms with van der Waals surface area (Å²) in [5.74, 6) is -1.08. The summed E-state index contributed by atoms with van der Waals surface area (Å²) in [5.41, 5.74) is 2.56. The second kappa shape index (κ2) is 7.71. The third-order valence-corrected chi connectivity index (χ3v) is 3.21. The Bertz CT molecular complexity index is 417. The van der Waals surface area contributed by atoms with E-state index in [0.29, 0.717) is 6.42 Å². The highest BCUT2D eigenvalue weighted by Gasteiger charge is 2.47. The lowest BCUT2D eigenvalue weighted by Gasteiger charge is -2.26. The quantitative estimate of drug-likeness (QED) is 0.296. The average molecular weight is 278 g/mol. The molecule has 0 unspecified atom stereocenters. The molecule has 0 aliphatic heterocycles. The second-order valence-electron chi connectivity index (χ2n) is 4.70. The summed E-state index contributed by atoms with van der Waals surface area (Å²) in [6.07, 6.45) is 6.11. The van der Waals surface area contributed by atoms with Crippen LogP contribution in [-0.2, 0) is 19.1 Å². The highest BCUT2D eigenvalue weighted by molar-refractivity contribution is 6.00. The average Bonchev–Trinajstić information content (AvgIpc) is 3.24. The minimum absolute atomic E-state index is 0.192. The van der Waals surface area contributed by atoms with Gasteiger partial charge in [0.25, 0.3) is 0 Å². The van der Waals surface area contributed by atoms with Crippen molar-refractivity contribution < 1.29 is 19.1 Å². The summed E-state index contributed by atoms with van der Waals surface area (Å²) in [6, 6.07) is 0. The lowest BCUT2D eigenvalue weighted by molar-refractivity contribution is -0.171. The van der Waals surface area contributed by atoms with Crippen molar-refractivity contribution in [2.75, 3.05) is 13.2 Å². The van der Waals surface area contributed by atoms with Crippen molar-refractivity contribution in [1.29, 1.82) is 0 Å². The van der Waals surface area contributed by atoms with Crippen molar-refractivity contribution in [3.63, 3.8) is 0 Å².